The molecule has 0 aromatic heterocycles. The second-order valence-corrected chi connectivity index (χ2v) is 8.23. The monoisotopic (exact) mass is 512 g/mol. The summed E-state index contributed by atoms with van der Waals surface area (Å²) in [6, 6.07) is 27.2. The van der Waals surface area contributed by atoms with E-state index in [4.69, 9.17) is 14.2 Å². The van der Waals surface area contributed by atoms with Crippen LogP contribution in [0.5, 0.6) is 11.5 Å². The van der Waals surface area contributed by atoms with Gasteiger partial charge in [0.2, 0.25) is 0 Å². The van der Waals surface area contributed by atoms with Gasteiger partial charge in [0, 0.05) is 0 Å². The summed E-state index contributed by atoms with van der Waals surface area (Å²) >= 11 is 0. The molecule has 0 aliphatic rings. The van der Waals surface area contributed by atoms with Gasteiger partial charge in [-0.2, -0.15) is 0 Å². The molecule has 0 saturated heterocycles. The molecule has 8 heteroatoms. The lowest BCUT2D eigenvalue weighted by Crippen LogP contribution is -2.20. The molecule has 38 heavy (non-hydrogen) atoms. The summed E-state index contributed by atoms with van der Waals surface area (Å²) in [6.07, 6.45) is 0. The van der Waals surface area contributed by atoms with E-state index in [-0.39, 0.29) is 19.8 Å². The van der Waals surface area contributed by atoms with Crippen LogP contribution in [-0.4, -0.2) is 28.1 Å². The Hall–Kier alpha value is -5.11. The molecule has 4 aromatic carbocycles. The van der Waals surface area contributed by atoms with Crippen molar-refractivity contribution in [3.63, 3.8) is 0 Å². The lowest BCUT2D eigenvalue weighted by atomic mass is 9.98. The molecule has 0 unspecified atom stereocenters. The number of phenols is 2. The van der Waals surface area contributed by atoms with E-state index >= 15 is 0 Å². The van der Waals surface area contributed by atoms with Crippen LogP contribution in [-0.2, 0) is 34.0 Å². The standard InChI is InChI=1S/C30H24O8/c31-24-16-23(28(33)36-17-20-10-4-1-5-11-20)25(29(34)37-18-21-12-6-2-7-13-21)26(27(24)32)30(35)38-19-22-14-8-3-9-15-22/h1-16,31-32H,17-19H2. The second kappa shape index (κ2) is 12.2. The first-order valence-electron chi connectivity index (χ1n) is 11.7. The van der Waals surface area contributed by atoms with Crippen LogP contribution >= 0.6 is 0 Å². The van der Waals surface area contributed by atoms with Gasteiger partial charge in [-0.05, 0) is 22.8 Å². The molecule has 0 aliphatic carbocycles. The summed E-state index contributed by atoms with van der Waals surface area (Å²) in [7, 11) is 0. The van der Waals surface area contributed by atoms with Gasteiger partial charge in [-0.25, -0.2) is 14.4 Å². The number of ether oxygens (including phenoxy) is 3. The highest BCUT2D eigenvalue weighted by Gasteiger charge is 2.33. The Bertz CT molecular complexity index is 1420. The molecule has 0 radical (unpaired) electrons. The number of hydrogen-bond acceptors (Lipinski definition) is 8. The minimum absolute atomic E-state index is 0.131. The summed E-state index contributed by atoms with van der Waals surface area (Å²) in [5.41, 5.74) is 0.250. The molecule has 0 bridgehead atoms. The van der Waals surface area contributed by atoms with Gasteiger partial charge in [0.05, 0.1) is 11.1 Å². The minimum Gasteiger partial charge on any atom is -0.504 e. The SMILES string of the molecule is O=C(OCc1ccccc1)c1cc(O)c(O)c(C(=O)OCc2ccccc2)c1C(=O)OCc1ccccc1. The Morgan fingerprint density at radius 1 is 0.526 bits per heavy atom. The molecule has 0 saturated carbocycles. The normalized spacial score (nSPS) is 10.4. The number of phenolic OH excluding ortho intramolecular Hbond substituents is 2. The summed E-state index contributed by atoms with van der Waals surface area (Å²) in [5.74, 6) is -4.95. The van der Waals surface area contributed by atoms with E-state index in [0.29, 0.717) is 16.7 Å². The van der Waals surface area contributed by atoms with Crippen LogP contribution in [0.25, 0.3) is 0 Å². The van der Waals surface area contributed by atoms with Crippen molar-refractivity contribution >= 4 is 17.9 Å². The summed E-state index contributed by atoms with van der Waals surface area (Å²) < 4.78 is 16.0. The molecule has 0 heterocycles. The van der Waals surface area contributed by atoms with Crippen LogP contribution in [0.15, 0.2) is 97.1 Å². The summed E-state index contributed by atoms with van der Waals surface area (Å²) in [6.45, 7) is -0.479. The summed E-state index contributed by atoms with van der Waals surface area (Å²) in [4.78, 5) is 39.4. The second-order valence-electron chi connectivity index (χ2n) is 8.23. The topological polar surface area (TPSA) is 119 Å². The van der Waals surface area contributed by atoms with Gasteiger partial charge in [0.15, 0.2) is 11.5 Å². The number of hydrogen-bond donors (Lipinski definition) is 2. The molecule has 192 valence electrons. The quantitative estimate of drug-likeness (QED) is 0.179. The maximum absolute atomic E-state index is 13.3. The first-order chi connectivity index (χ1) is 18.4. The fourth-order valence-electron chi connectivity index (χ4n) is 3.62. The van der Waals surface area contributed by atoms with Gasteiger partial charge in [0.1, 0.15) is 25.4 Å². The van der Waals surface area contributed by atoms with Gasteiger partial charge in [-0.1, -0.05) is 91.0 Å². The van der Waals surface area contributed by atoms with Gasteiger partial charge in [0.25, 0.3) is 0 Å². The smallest absolute Gasteiger partial charge is 0.343 e. The number of carbonyl (C=O) groups is 3. The maximum atomic E-state index is 13.3. The summed E-state index contributed by atoms with van der Waals surface area (Å²) in [5, 5.41) is 20.9. The van der Waals surface area contributed by atoms with Gasteiger partial charge in [-0.15, -0.1) is 0 Å². The van der Waals surface area contributed by atoms with Gasteiger partial charge in [-0.3, -0.25) is 0 Å². The highest BCUT2D eigenvalue weighted by molar-refractivity contribution is 6.12. The van der Waals surface area contributed by atoms with Crippen molar-refractivity contribution < 1.29 is 38.8 Å². The van der Waals surface area contributed by atoms with E-state index in [1.807, 2.05) is 0 Å². The van der Waals surface area contributed by atoms with Crippen molar-refractivity contribution in [3.05, 3.63) is 130 Å². The van der Waals surface area contributed by atoms with Crippen molar-refractivity contribution in [1.29, 1.82) is 0 Å². The Balaban J connectivity index is 1.67. The highest BCUT2D eigenvalue weighted by Crippen LogP contribution is 2.36. The fraction of sp³-hybridized carbons (Fsp3) is 0.100. The van der Waals surface area contributed by atoms with Crippen LogP contribution < -0.4 is 0 Å². The number of rotatable bonds is 9. The molecule has 0 spiro atoms. The van der Waals surface area contributed by atoms with Crippen LogP contribution in [0.2, 0.25) is 0 Å². The lowest BCUT2D eigenvalue weighted by molar-refractivity contribution is 0.0401. The number of benzene rings is 4. The van der Waals surface area contributed by atoms with Crippen molar-refractivity contribution in [3.8, 4) is 11.5 Å². The Labute approximate surface area is 218 Å². The van der Waals surface area contributed by atoms with Crippen molar-refractivity contribution in [2.45, 2.75) is 19.8 Å². The zero-order valence-corrected chi connectivity index (χ0v) is 20.2. The fourth-order valence-corrected chi connectivity index (χ4v) is 3.62. The van der Waals surface area contributed by atoms with Crippen molar-refractivity contribution in [1.82, 2.24) is 0 Å². The molecular weight excluding hydrogens is 488 g/mol. The van der Waals surface area contributed by atoms with E-state index in [1.165, 1.54) is 0 Å². The third-order valence-electron chi connectivity index (χ3n) is 5.55. The number of esters is 3. The van der Waals surface area contributed by atoms with Crippen LogP contribution in [0.4, 0.5) is 0 Å². The van der Waals surface area contributed by atoms with Crippen LogP contribution in [0.1, 0.15) is 47.8 Å². The molecule has 0 amide bonds. The van der Waals surface area contributed by atoms with E-state index < -0.39 is 46.1 Å². The average molecular weight is 513 g/mol. The third kappa shape index (κ3) is 6.36. The van der Waals surface area contributed by atoms with E-state index in [2.05, 4.69) is 0 Å². The molecule has 2 N–H and O–H groups in total. The largest absolute Gasteiger partial charge is 0.504 e. The number of aromatic hydroxyl groups is 2. The molecule has 0 aliphatic heterocycles. The van der Waals surface area contributed by atoms with Gasteiger partial charge >= 0.3 is 17.9 Å². The van der Waals surface area contributed by atoms with Crippen molar-refractivity contribution in [2.75, 3.05) is 0 Å². The van der Waals surface area contributed by atoms with Gasteiger partial charge < -0.3 is 24.4 Å². The molecular formula is C30H24O8. The number of carbonyl (C=O) groups excluding carboxylic acids is 3. The lowest BCUT2D eigenvalue weighted by Gasteiger charge is -2.16. The minimum atomic E-state index is -1.13. The van der Waals surface area contributed by atoms with E-state index in [1.54, 1.807) is 91.0 Å². The predicted molar refractivity (Wildman–Crippen MR) is 136 cm³/mol. The molecule has 0 atom stereocenters. The Morgan fingerprint density at radius 3 is 1.32 bits per heavy atom. The van der Waals surface area contributed by atoms with Crippen LogP contribution in [0.3, 0.4) is 0 Å². The first-order valence-corrected chi connectivity index (χ1v) is 11.7. The molecule has 8 nitrogen and oxygen atoms in total. The maximum Gasteiger partial charge on any atom is 0.343 e. The molecule has 0 fully saturated rings. The zero-order chi connectivity index (χ0) is 26.9. The highest BCUT2D eigenvalue weighted by atomic mass is 16.5. The van der Waals surface area contributed by atoms with E-state index in [9.17, 15) is 24.6 Å². The Morgan fingerprint density at radius 2 is 0.895 bits per heavy atom. The van der Waals surface area contributed by atoms with E-state index in [0.717, 1.165) is 6.07 Å². The average Bonchev–Trinajstić information content (AvgIpc) is 2.96. The zero-order valence-electron chi connectivity index (χ0n) is 20.2. The predicted octanol–water partition coefficient (Wildman–Crippen LogP) is 5.17. The molecule has 4 aromatic rings. The molecule has 4 rings (SSSR count). The van der Waals surface area contributed by atoms with Crippen LogP contribution in [0, 0.1) is 0 Å². The Kier molecular flexibility index (Phi) is 8.35. The van der Waals surface area contributed by atoms with Crippen molar-refractivity contribution in [2.24, 2.45) is 0 Å². The first kappa shape index (κ1) is 26.0. The third-order valence-corrected chi connectivity index (χ3v) is 5.55.